The summed E-state index contributed by atoms with van der Waals surface area (Å²) < 4.78 is 26.4. The largest absolute Gasteiger partial charge is 0.364 e. The first kappa shape index (κ1) is 12.3. The molecule has 2 nitrogen and oxygen atoms in total. The third-order valence-electron chi connectivity index (χ3n) is 0.399. The molecule has 0 aliphatic heterocycles. The van der Waals surface area contributed by atoms with Gasteiger partial charge in [0.15, 0.2) is 0 Å². The van der Waals surface area contributed by atoms with Gasteiger partial charge in [-0.3, -0.25) is 4.57 Å². The van der Waals surface area contributed by atoms with Gasteiger partial charge in [-0.15, -0.1) is 0 Å². The molecule has 0 aromatic carbocycles. The molecular weight excluding hydrogens is 189 g/mol. The molecule has 9 heavy (non-hydrogen) atoms. The van der Waals surface area contributed by atoms with Crippen LogP contribution >= 0.6 is 7.68 Å². The van der Waals surface area contributed by atoms with Gasteiger partial charge in [0, 0.05) is 23.4 Å². The molecule has 0 saturated carbocycles. The Balaban J connectivity index is 0. The standard InChI is InChI=1S/C4H10FO2P.Co/c1-4(2)7-8(3,5)6;/h4H,1-3H3;. The average molecular weight is 199 g/mol. The molecule has 0 aromatic rings. The third kappa shape index (κ3) is 12.0. The van der Waals surface area contributed by atoms with Gasteiger partial charge in [-0.05, 0) is 13.8 Å². The zero-order chi connectivity index (χ0) is 6.78. The van der Waals surface area contributed by atoms with E-state index in [1.807, 2.05) is 0 Å². The van der Waals surface area contributed by atoms with Crippen LogP contribution < -0.4 is 0 Å². The topological polar surface area (TPSA) is 26.3 Å². The second-order valence-corrected chi connectivity index (χ2v) is 3.61. The number of rotatable bonds is 2. The Labute approximate surface area is 64.9 Å². The van der Waals surface area contributed by atoms with Gasteiger partial charge in [-0.25, -0.2) is 0 Å². The zero-order valence-corrected chi connectivity index (χ0v) is 7.49. The predicted molar refractivity (Wildman–Crippen MR) is 30.9 cm³/mol. The van der Waals surface area contributed by atoms with E-state index in [-0.39, 0.29) is 22.9 Å². The van der Waals surface area contributed by atoms with E-state index in [0.717, 1.165) is 6.66 Å². The predicted octanol–water partition coefficient (Wildman–Crippen LogP) is 2.20. The van der Waals surface area contributed by atoms with E-state index in [9.17, 15) is 8.76 Å². The summed E-state index contributed by atoms with van der Waals surface area (Å²) >= 11 is 0. The second-order valence-electron chi connectivity index (χ2n) is 1.90. The van der Waals surface area contributed by atoms with Crippen molar-refractivity contribution in [1.29, 1.82) is 0 Å². The zero-order valence-electron chi connectivity index (χ0n) is 5.55. The van der Waals surface area contributed by atoms with Crippen LogP contribution in [0.5, 0.6) is 0 Å². The summed E-state index contributed by atoms with van der Waals surface area (Å²) in [5.41, 5.74) is 0. The van der Waals surface area contributed by atoms with Crippen molar-refractivity contribution < 1.29 is 30.1 Å². The summed E-state index contributed by atoms with van der Waals surface area (Å²) in [6.45, 7) is 4.22. The molecule has 0 aliphatic rings. The van der Waals surface area contributed by atoms with Crippen LogP contribution in [0.3, 0.4) is 0 Å². The van der Waals surface area contributed by atoms with Crippen LogP contribution in [0.2, 0.25) is 0 Å². The molecule has 1 unspecified atom stereocenters. The molecule has 0 amide bonds. The molecule has 0 aliphatic carbocycles. The van der Waals surface area contributed by atoms with Gasteiger partial charge < -0.3 is 4.52 Å². The molecule has 0 fully saturated rings. The summed E-state index contributed by atoms with van der Waals surface area (Å²) in [6, 6.07) is 0. The van der Waals surface area contributed by atoms with Crippen LogP contribution in [-0.2, 0) is 25.9 Å². The molecule has 0 rings (SSSR count). The van der Waals surface area contributed by atoms with Crippen LogP contribution in [0.25, 0.3) is 0 Å². The first-order valence-electron chi connectivity index (χ1n) is 2.37. The van der Waals surface area contributed by atoms with Gasteiger partial charge >= 0.3 is 7.68 Å². The average Bonchev–Trinajstić information content (AvgIpc) is 1.21. The summed E-state index contributed by atoms with van der Waals surface area (Å²) in [5, 5.41) is 0. The van der Waals surface area contributed by atoms with E-state index in [1.54, 1.807) is 13.8 Å². The number of hydrogen-bond acceptors (Lipinski definition) is 2. The maximum absolute atomic E-state index is 12.0. The maximum atomic E-state index is 12.0. The van der Waals surface area contributed by atoms with Crippen molar-refractivity contribution in [2.45, 2.75) is 20.0 Å². The molecule has 0 saturated heterocycles. The molecular formula is C4H10CoFO2P. The summed E-state index contributed by atoms with van der Waals surface area (Å²) in [5.74, 6) is 0. The maximum Gasteiger partial charge on any atom is 0.364 e. The first-order chi connectivity index (χ1) is 3.42. The van der Waals surface area contributed by atoms with E-state index in [4.69, 9.17) is 0 Å². The Bertz CT molecular complexity index is 111. The van der Waals surface area contributed by atoms with Crippen molar-refractivity contribution in [1.82, 2.24) is 0 Å². The smallest absolute Gasteiger partial charge is 0.303 e. The van der Waals surface area contributed by atoms with Crippen molar-refractivity contribution in [2.75, 3.05) is 6.66 Å². The van der Waals surface area contributed by atoms with E-state index in [1.165, 1.54) is 0 Å². The Kier molecular flexibility index (Phi) is 6.08. The van der Waals surface area contributed by atoms with Crippen LogP contribution in [0.15, 0.2) is 0 Å². The van der Waals surface area contributed by atoms with E-state index < -0.39 is 7.68 Å². The molecule has 0 heterocycles. The molecule has 0 spiro atoms. The van der Waals surface area contributed by atoms with Gasteiger partial charge in [0.1, 0.15) is 0 Å². The summed E-state index contributed by atoms with van der Waals surface area (Å²) in [7, 11) is -3.72. The molecule has 5 heteroatoms. The SMILES string of the molecule is CC(C)OP(C)(=O)F.[Co]. The Hall–Kier alpha value is 0.626. The second kappa shape index (κ2) is 4.44. The number of hydrogen-bond donors (Lipinski definition) is 0. The molecule has 1 radical (unpaired) electrons. The number of halogens is 1. The van der Waals surface area contributed by atoms with Gasteiger partial charge in [-0.2, -0.15) is 4.20 Å². The monoisotopic (exact) mass is 199 g/mol. The fraction of sp³-hybridized carbons (Fsp3) is 1.00. The summed E-state index contributed by atoms with van der Waals surface area (Å²) in [4.78, 5) is 0. The minimum absolute atomic E-state index is 0. The van der Waals surface area contributed by atoms with Crippen LogP contribution in [0.1, 0.15) is 13.8 Å². The molecule has 0 aromatic heterocycles. The van der Waals surface area contributed by atoms with Crippen LogP contribution in [-0.4, -0.2) is 12.8 Å². The molecule has 0 bridgehead atoms. The fourth-order valence-electron chi connectivity index (χ4n) is 0.377. The molecule has 1 atom stereocenters. The van der Waals surface area contributed by atoms with Gasteiger partial charge in [-0.1, -0.05) is 0 Å². The third-order valence-corrected chi connectivity index (χ3v) is 1.20. The van der Waals surface area contributed by atoms with Crippen LogP contribution in [0.4, 0.5) is 4.20 Å². The minimum atomic E-state index is -3.72. The Morgan fingerprint density at radius 3 is 1.89 bits per heavy atom. The van der Waals surface area contributed by atoms with Crippen molar-refractivity contribution in [3.05, 3.63) is 0 Å². The van der Waals surface area contributed by atoms with Gasteiger partial charge in [0.05, 0.1) is 6.10 Å². The first-order valence-corrected chi connectivity index (χ1v) is 4.33. The Morgan fingerprint density at radius 2 is 1.89 bits per heavy atom. The van der Waals surface area contributed by atoms with E-state index >= 15 is 0 Å². The normalized spacial score (nSPS) is 16.6. The summed E-state index contributed by atoms with van der Waals surface area (Å²) in [6.07, 6.45) is -0.296. The van der Waals surface area contributed by atoms with Gasteiger partial charge in [0.2, 0.25) is 0 Å². The van der Waals surface area contributed by atoms with E-state index in [2.05, 4.69) is 4.52 Å². The quantitative estimate of drug-likeness (QED) is 0.637. The van der Waals surface area contributed by atoms with Crippen molar-refractivity contribution >= 4 is 7.68 Å². The Morgan fingerprint density at radius 1 is 1.56 bits per heavy atom. The molecule has 0 N–H and O–H groups in total. The van der Waals surface area contributed by atoms with Crippen molar-refractivity contribution in [3.8, 4) is 0 Å². The van der Waals surface area contributed by atoms with Crippen molar-refractivity contribution in [2.24, 2.45) is 0 Å². The molecule has 59 valence electrons. The van der Waals surface area contributed by atoms with E-state index in [0.29, 0.717) is 0 Å². The fourth-order valence-corrected chi connectivity index (χ4v) is 1.13. The van der Waals surface area contributed by atoms with Crippen molar-refractivity contribution in [3.63, 3.8) is 0 Å². The van der Waals surface area contributed by atoms with Gasteiger partial charge in [0.25, 0.3) is 0 Å². The van der Waals surface area contributed by atoms with Crippen LogP contribution in [0, 0.1) is 0 Å². The minimum Gasteiger partial charge on any atom is -0.303 e.